The molecule has 3 fully saturated rings. The number of aliphatic hydroxyl groups is 1. The number of ether oxygens (including phenoxy) is 1. The lowest BCUT2D eigenvalue weighted by Gasteiger charge is -2.30. The molecule has 1 aromatic rings. The van der Waals surface area contributed by atoms with E-state index in [9.17, 15) is 14.7 Å². The van der Waals surface area contributed by atoms with Crippen molar-refractivity contribution in [1.29, 1.82) is 0 Å². The van der Waals surface area contributed by atoms with Gasteiger partial charge >= 0.3 is 6.09 Å². The van der Waals surface area contributed by atoms with E-state index in [-0.39, 0.29) is 18.0 Å². The summed E-state index contributed by atoms with van der Waals surface area (Å²) in [6.45, 7) is 10.3. The number of nitrogens with zero attached hydrogens (tertiary/aromatic N) is 4. The molecular formula is C26H41N5O6. The van der Waals surface area contributed by atoms with Gasteiger partial charge in [-0.15, -0.1) is 5.06 Å². The van der Waals surface area contributed by atoms with Crippen molar-refractivity contribution in [3.05, 3.63) is 35.9 Å². The van der Waals surface area contributed by atoms with E-state index >= 15 is 0 Å². The van der Waals surface area contributed by atoms with E-state index in [0.29, 0.717) is 45.8 Å². The van der Waals surface area contributed by atoms with Crippen molar-refractivity contribution in [3.8, 4) is 0 Å². The van der Waals surface area contributed by atoms with Gasteiger partial charge in [0.1, 0.15) is 5.60 Å². The average Bonchev–Trinajstić information content (AvgIpc) is 3.01. The standard InChI is InChI=1S/C26H41N5O6/c1-26(2,3)37-25(34)29-13-7-12-28(14-15-29)16-17-35-27-23(32)22-11-10-21-18-30(22)24(33)31(21)36-19-20-8-5-4-6-9-20/h4-6,8-9,21-22,24,33H,7,10-19H2,1-3H3,(H,27,32)/t21-,22+,24?/m1/s1. The number of fused-ring (bicyclic) bond motifs is 2. The van der Waals surface area contributed by atoms with Crippen LogP contribution < -0.4 is 5.48 Å². The second kappa shape index (κ2) is 12.5. The van der Waals surface area contributed by atoms with Gasteiger partial charge in [-0.3, -0.25) is 24.3 Å². The number of hydroxylamine groups is 3. The number of piperidine rings is 1. The predicted molar refractivity (Wildman–Crippen MR) is 136 cm³/mol. The fraction of sp³-hybridized carbons (Fsp3) is 0.692. The topological polar surface area (TPSA) is 107 Å². The van der Waals surface area contributed by atoms with Gasteiger partial charge in [0, 0.05) is 32.7 Å². The first kappa shape index (κ1) is 27.7. The highest BCUT2D eigenvalue weighted by molar-refractivity contribution is 5.81. The molecule has 3 heterocycles. The monoisotopic (exact) mass is 519 g/mol. The van der Waals surface area contributed by atoms with Crippen molar-refractivity contribution in [1.82, 2.24) is 25.2 Å². The summed E-state index contributed by atoms with van der Waals surface area (Å²) < 4.78 is 5.48. The van der Waals surface area contributed by atoms with Crippen LogP contribution in [-0.4, -0.2) is 107 Å². The number of nitrogens with one attached hydrogen (secondary N) is 1. The van der Waals surface area contributed by atoms with Gasteiger partial charge < -0.3 is 14.7 Å². The Kier molecular flexibility index (Phi) is 9.38. The van der Waals surface area contributed by atoms with Crippen LogP contribution >= 0.6 is 0 Å². The molecule has 1 aromatic carbocycles. The normalized spacial score (nSPS) is 27.1. The van der Waals surface area contributed by atoms with Crippen LogP contribution in [0.1, 0.15) is 45.6 Å². The van der Waals surface area contributed by atoms with Crippen molar-refractivity contribution in [3.63, 3.8) is 0 Å². The molecule has 3 aliphatic rings. The van der Waals surface area contributed by atoms with Crippen molar-refractivity contribution in [2.75, 3.05) is 45.9 Å². The predicted octanol–water partition coefficient (Wildman–Crippen LogP) is 1.53. The zero-order valence-electron chi connectivity index (χ0n) is 22.2. The molecule has 2 N–H and O–H groups in total. The molecule has 0 aliphatic carbocycles. The Hall–Kier alpha value is -2.28. The number of benzene rings is 1. The average molecular weight is 520 g/mol. The third-order valence-corrected chi connectivity index (χ3v) is 6.93. The van der Waals surface area contributed by atoms with E-state index < -0.39 is 18.0 Å². The Morgan fingerprint density at radius 2 is 1.86 bits per heavy atom. The first-order chi connectivity index (χ1) is 17.7. The smallest absolute Gasteiger partial charge is 0.410 e. The number of hydrogen-bond donors (Lipinski definition) is 2. The number of hydrogen-bond acceptors (Lipinski definition) is 9. The van der Waals surface area contributed by atoms with Crippen LogP contribution in [0.15, 0.2) is 30.3 Å². The van der Waals surface area contributed by atoms with Crippen LogP contribution in [0.5, 0.6) is 0 Å². The van der Waals surface area contributed by atoms with Crippen molar-refractivity contribution in [2.45, 2.75) is 70.7 Å². The van der Waals surface area contributed by atoms with Crippen LogP contribution in [0.25, 0.3) is 0 Å². The zero-order chi connectivity index (χ0) is 26.4. The summed E-state index contributed by atoms with van der Waals surface area (Å²) in [6.07, 6.45) is 0.972. The van der Waals surface area contributed by atoms with Crippen molar-refractivity contribution < 1.29 is 29.1 Å². The number of amides is 2. The molecule has 0 spiro atoms. The van der Waals surface area contributed by atoms with Crippen LogP contribution in [0.3, 0.4) is 0 Å². The maximum atomic E-state index is 12.8. The largest absolute Gasteiger partial charge is 0.444 e. The van der Waals surface area contributed by atoms with Gasteiger partial charge in [0.2, 0.25) is 0 Å². The minimum Gasteiger partial charge on any atom is -0.444 e. The number of carbonyl (C=O) groups excluding carboxylic acids is 2. The maximum Gasteiger partial charge on any atom is 0.410 e. The Bertz CT molecular complexity index is 897. The maximum absolute atomic E-state index is 12.8. The molecule has 206 valence electrons. The minimum absolute atomic E-state index is 0.0481. The van der Waals surface area contributed by atoms with E-state index in [1.807, 2.05) is 51.1 Å². The first-order valence-corrected chi connectivity index (χ1v) is 13.2. The summed E-state index contributed by atoms with van der Waals surface area (Å²) in [4.78, 5) is 42.3. The summed E-state index contributed by atoms with van der Waals surface area (Å²) in [5, 5.41) is 12.4. The molecule has 2 bridgehead atoms. The lowest BCUT2D eigenvalue weighted by Crippen LogP contribution is -2.51. The van der Waals surface area contributed by atoms with Gasteiger partial charge in [-0.2, -0.15) is 0 Å². The third-order valence-electron chi connectivity index (χ3n) is 6.93. The van der Waals surface area contributed by atoms with Gasteiger partial charge in [-0.25, -0.2) is 10.3 Å². The number of aliphatic hydroxyl groups excluding tert-OH is 1. The Morgan fingerprint density at radius 3 is 2.62 bits per heavy atom. The Balaban J connectivity index is 1.16. The van der Waals surface area contributed by atoms with Crippen molar-refractivity contribution >= 4 is 12.0 Å². The molecule has 2 amide bonds. The fourth-order valence-corrected chi connectivity index (χ4v) is 5.02. The second-order valence-electron chi connectivity index (χ2n) is 10.9. The molecule has 0 radical (unpaired) electrons. The highest BCUT2D eigenvalue weighted by Gasteiger charge is 2.48. The SMILES string of the molecule is CC(C)(C)OC(=O)N1CCCN(CCONC(=O)[C@@H]2CC[C@@H]3CN2C(O)N3OCc2ccccc2)CC1. The van der Waals surface area contributed by atoms with E-state index in [4.69, 9.17) is 14.4 Å². The number of carbonyl (C=O) groups is 2. The van der Waals surface area contributed by atoms with Gasteiger partial charge in [-0.1, -0.05) is 30.3 Å². The number of rotatable bonds is 8. The summed E-state index contributed by atoms with van der Waals surface area (Å²) in [5.74, 6) is -0.255. The molecule has 0 saturated carbocycles. The Labute approximate surface area is 219 Å². The molecule has 4 atom stereocenters. The summed E-state index contributed by atoms with van der Waals surface area (Å²) in [7, 11) is 0. The van der Waals surface area contributed by atoms with Gasteiger partial charge in [0.05, 0.1) is 25.3 Å². The Morgan fingerprint density at radius 1 is 1.08 bits per heavy atom. The minimum atomic E-state index is -0.975. The molecule has 3 aliphatic heterocycles. The zero-order valence-corrected chi connectivity index (χ0v) is 22.2. The summed E-state index contributed by atoms with van der Waals surface area (Å²) >= 11 is 0. The highest BCUT2D eigenvalue weighted by atomic mass is 16.7. The van der Waals surface area contributed by atoms with Gasteiger partial charge in [0.25, 0.3) is 5.91 Å². The first-order valence-electron chi connectivity index (χ1n) is 13.2. The molecule has 0 aromatic heterocycles. The van der Waals surface area contributed by atoms with Gasteiger partial charge in [-0.05, 0) is 52.1 Å². The van der Waals surface area contributed by atoms with E-state index in [1.54, 1.807) is 14.9 Å². The van der Waals surface area contributed by atoms with Crippen LogP contribution in [0, 0.1) is 0 Å². The second-order valence-corrected chi connectivity index (χ2v) is 10.9. The molecule has 11 nitrogen and oxygen atoms in total. The molecule has 3 saturated heterocycles. The van der Waals surface area contributed by atoms with Gasteiger partial charge in [0.15, 0.2) is 6.35 Å². The highest BCUT2D eigenvalue weighted by Crippen LogP contribution is 2.32. The molecule has 4 rings (SSSR count). The van der Waals surface area contributed by atoms with E-state index in [1.165, 1.54) is 0 Å². The third kappa shape index (κ3) is 7.62. The van der Waals surface area contributed by atoms with Crippen molar-refractivity contribution in [2.24, 2.45) is 0 Å². The lowest BCUT2D eigenvalue weighted by atomic mass is 10.0. The molecule has 37 heavy (non-hydrogen) atoms. The summed E-state index contributed by atoms with van der Waals surface area (Å²) in [5.41, 5.74) is 3.09. The van der Waals surface area contributed by atoms with E-state index in [0.717, 1.165) is 31.5 Å². The molecule has 11 heteroatoms. The van der Waals surface area contributed by atoms with Crippen LogP contribution in [-0.2, 0) is 25.8 Å². The fourth-order valence-electron chi connectivity index (χ4n) is 5.02. The molecular weight excluding hydrogens is 478 g/mol. The quantitative estimate of drug-likeness (QED) is 0.391. The van der Waals surface area contributed by atoms with E-state index in [2.05, 4.69) is 10.4 Å². The van der Waals surface area contributed by atoms with Crippen LogP contribution in [0.2, 0.25) is 0 Å². The van der Waals surface area contributed by atoms with Crippen LogP contribution in [0.4, 0.5) is 4.79 Å². The lowest BCUT2D eigenvalue weighted by molar-refractivity contribution is -0.265. The molecule has 2 unspecified atom stereocenters. The summed E-state index contributed by atoms with van der Waals surface area (Å²) in [6, 6.07) is 9.38.